The van der Waals surface area contributed by atoms with Gasteiger partial charge in [-0.05, 0) is 12.1 Å². The number of nitrogens with zero attached hydrogens (tertiary/aromatic N) is 3. The van der Waals surface area contributed by atoms with Gasteiger partial charge in [0.15, 0.2) is 0 Å². The van der Waals surface area contributed by atoms with Crippen molar-refractivity contribution in [2.75, 3.05) is 20.1 Å². The number of benzene rings is 2. The highest BCUT2D eigenvalue weighted by molar-refractivity contribution is 7.89. The lowest BCUT2D eigenvalue weighted by atomic mass is 10.2. The molecular weight excluding hydrogens is 388 g/mol. The summed E-state index contributed by atoms with van der Waals surface area (Å²) < 4.78 is 29.6. The van der Waals surface area contributed by atoms with Gasteiger partial charge < -0.3 is 9.88 Å². The zero-order valence-corrected chi connectivity index (χ0v) is 16.9. The fraction of sp³-hybridized carbons (Fsp3) is 0.238. The Hall–Kier alpha value is -2.97. The fourth-order valence-corrected chi connectivity index (χ4v) is 5.08. The summed E-state index contributed by atoms with van der Waals surface area (Å²) in [5.41, 5.74) is 2.00. The molecule has 150 valence electrons. The summed E-state index contributed by atoms with van der Waals surface area (Å²) in [5.74, 6) is 0.411. The Labute approximate surface area is 170 Å². The maximum Gasteiger partial charge on any atom is 0.271 e. The van der Waals surface area contributed by atoms with Crippen LogP contribution >= 0.6 is 0 Å². The molecular formula is C21H22N4O3S. The maximum absolute atomic E-state index is 13.1. The summed E-state index contributed by atoms with van der Waals surface area (Å²) in [6.07, 6.45) is 0.411. The largest absolute Gasteiger partial charge is 0.354 e. The van der Waals surface area contributed by atoms with E-state index < -0.39 is 10.0 Å². The predicted molar refractivity (Wildman–Crippen MR) is 110 cm³/mol. The van der Waals surface area contributed by atoms with Gasteiger partial charge in [-0.15, -0.1) is 0 Å². The minimum absolute atomic E-state index is 0.268. The first-order chi connectivity index (χ1) is 14.0. The molecule has 4 rings (SSSR count). The minimum Gasteiger partial charge on any atom is -0.354 e. The lowest BCUT2D eigenvalue weighted by Crippen LogP contribution is -2.33. The molecule has 7 nitrogen and oxygen atoms in total. The molecule has 0 saturated carbocycles. The monoisotopic (exact) mass is 410 g/mol. The third kappa shape index (κ3) is 3.56. The van der Waals surface area contributed by atoms with Crippen molar-refractivity contribution in [1.29, 1.82) is 0 Å². The SMILES string of the molecule is CNC(=O)c1nc(-c2ccccc2)n2c1CCN(S(=O)(=O)c1ccccc1)CC2. The third-order valence-electron chi connectivity index (χ3n) is 5.10. The molecule has 29 heavy (non-hydrogen) atoms. The van der Waals surface area contributed by atoms with Crippen LogP contribution in [0.2, 0.25) is 0 Å². The maximum atomic E-state index is 13.1. The van der Waals surface area contributed by atoms with Gasteiger partial charge in [0.2, 0.25) is 10.0 Å². The van der Waals surface area contributed by atoms with Crippen LogP contribution in [0.4, 0.5) is 0 Å². The fourth-order valence-electron chi connectivity index (χ4n) is 3.62. The molecule has 0 aliphatic carbocycles. The van der Waals surface area contributed by atoms with Crippen LogP contribution in [0.3, 0.4) is 0 Å². The Morgan fingerprint density at radius 3 is 2.28 bits per heavy atom. The van der Waals surface area contributed by atoms with E-state index in [9.17, 15) is 13.2 Å². The second-order valence-electron chi connectivity index (χ2n) is 6.79. The first-order valence-electron chi connectivity index (χ1n) is 9.44. The predicted octanol–water partition coefficient (Wildman–Crippen LogP) is 2.16. The van der Waals surface area contributed by atoms with Gasteiger partial charge in [-0.1, -0.05) is 48.5 Å². The van der Waals surface area contributed by atoms with Crippen LogP contribution in [0.15, 0.2) is 65.6 Å². The molecule has 0 fully saturated rings. The second kappa shape index (κ2) is 7.81. The Kier molecular flexibility index (Phi) is 5.21. The number of fused-ring (bicyclic) bond motifs is 1. The van der Waals surface area contributed by atoms with E-state index in [1.807, 2.05) is 34.9 Å². The van der Waals surface area contributed by atoms with Crippen LogP contribution < -0.4 is 5.32 Å². The molecule has 0 spiro atoms. The molecule has 1 aliphatic rings. The Bertz CT molecular complexity index is 1130. The molecule has 8 heteroatoms. The van der Waals surface area contributed by atoms with Crippen molar-refractivity contribution >= 4 is 15.9 Å². The first kappa shape index (κ1) is 19.4. The van der Waals surface area contributed by atoms with E-state index in [0.717, 1.165) is 11.3 Å². The van der Waals surface area contributed by atoms with Gasteiger partial charge in [-0.2, -0.15) is 4.31 Å². The van der Waals surface area contributed by atoms with Crippen molar-refractivity contribution in [2.45, 2.75) is 17.9 Å². The van der Waals surface area contributed by atoms with E-state index in [2.05, 4.69) is 10.3 Å². The molecule has 2 aromatic carbocycles. The molecule has 0 unspecified atom stereocenters. The average Bonchev–Trinajstić information content (AvgIpc) is 2.97. The molecule has 2 heterocycles. The summed E-state index contributed by atoms with van der Waals surface area (Å²) in [6.45, 7) is 1.03. The highest BCUT2D eigenvalue weighted by Crippen LogP contribution is 2.26. The van der Waals surface area contributed by atoms with Crippen LogP contribution in [0.1, 0.15) is 16.2 Å². The van der Waals surface area contributed by atoms with Crippen molar-refractivity contribution in [3.05, 3.63) is 72.1 Å². The number of rotatable bonds is 4. The van der Waals surface area contributed by atoms with Gasteiger partial charge >= 0.3 is 0 Å². The van der Waals surface area contributed by atoms with Crippen LogP contribution in [0.25, 0.3) is 11.4 Å². The van der Waals surface area contributed by atoms with E-state index in [0.29, 0.717) is 37.6 Å². The molecule has 3 aromatic rings. The van der Waals surface area contributed by atoms with E-state index in [-0.39, 0.29) is 10.8 Å². The molecule has 0 bridgehead atoms. The number of hydrogen-bond donors (Lipinski definition) is 1. The van der Waals surface area contributed by atoms with Gasteiger partial charge in [0.05, 0.1) is 10.6 Å². The lowest BCUT2D eigenvalue weighted by Gasteiger charge is -2.20. The van der Waals surface area contributed by atoms with Crippen LogP contribution in [-0.4, -0.2) is 48.3 Å². The Balaban J connectivity index is 1.73. The van der Waals surface area contributed by atoms with Gasteiger partial charge in [-0.3, -0.25) is 4.79 Å². The normalized spacial score (nSPS) is 14.8. The van der Waals surface area contributed by atoms with Crippen LogP contribution in [0, 0.1) is 0 Å². The molecule has 1 aliphatic heterocycles. The number of aromatic nitrogens is 2. The van der Waals surface area contributed by atoms with Crippen molar-refractivity contribution in [3.63, 3.8) is 0 Å². The number of sulfonamides is 1. The summed E-state index contributed by atoms with van der Waals surface area (Å²) in [5, 5.41) is 2.64. The molecule has 0 saturated heterocycles. The van der Waals surface area contributed by atoms with Crippen LogP contribution in [0.5, 0.6) is 0 Å². The zero-order chi connectivity index (χ0) is 20.4. The molecule has 1 aromatic heterocycles. The van der Waals surface area contributed by atoms with Crippen LogP contribution in [-0.2, 0) is 23.0 Å². The van der Waals surface area contributed by atoms with E-state index >= 15 is 0 Å². The van der Waals surface area contributed by atoms with E-state index in [1.165, 1.54) is 4.31 Å². The van der Waals surface area contributed by atoms with Crippen molar-refractivity contribution < 1.29 is 13.2 Å². The van der Waals surface area contributed by atoms with Gasteiger partial charge in [0, 0.05) is 38.7 Å². The number of amides is 1. The summed E-state index contributed by atoms with van der Waals surface area (Å²) in [7, 11) is -2.03. The average molecular weight is 410 g/mol. The summed E-state index contributed by atoms with van der Waals surface area (Å²) in [4.78, 5) is 17.3. The van der Waals surface area contributed by atoms with Crippen molar-refractivity contribution in [3.8, 4) is 11.4 Å². The molecule has 1 amide bonds. The third-order valence-corrected chi connectivity index (χ3v) is 7.01. The topological polar surface area (TPSA) is 84.3 Å². The zero-order valence-electron chi connectivity index (χ0n) is 16.1. The molecule has 0 radical (unpaired) electrons. The lowest BCUT2D eigenvalue weighted by molar-refractivity contribution is 0.0957. The Morgan fingerprint density at radius 1 is 0.966 bits per heavy atom. The number of carbonyl (C=O) groups is 1. The smallest absolute Gasteiger partial charge is 0.271 e. The van der Waals surface area contributed by atoms with Crippen molar-refractivity contribution in [2.24, 2.45) is 0 Å². The summed E-state index contributed by atoms with van der Waals surface area (Å²) in [6, 6.07) is 18.1. The number of hydrogen-bond acceptors (Lipinski definition) is 4. The highest BCUT2D eigenvalue weighted by Gasteiger charge is 2.30. The minimum atomic E-state index is -3.60. The standard InChI is InChI=1S/C21H22N4O3S/c1-22-21(26)19-18-12-13-24(29(27,28)17-10-6-3-7-11-17)14-15-25(18)20(23-19)16-8-4-2-5-9-16/h2-11H,12-15H2,1H3,(H,22,26). The number of nitrogens with one attached hydrogen (secondary N) is 1. The Morgan fingerprint density at radius 2 is 1.62 bits per heavy atom. The van der Waals surface area contributed by atoms with E-state index in [4.69, 9.17) is 0 Å². The highest BCUT2D eigenvalue weighted by atomic mass is 32.2. The second-order valence-corrected chi connectivity index (χ2v) is 8.73. The molecule has 1 N–H and O–H groups in total. The quantitative estimate of drug-likeness (QED) is 0.714. The van der Waals surface area contributed by atoms with Gasteiger partial charge in [0.25, 0.3) is 5.91 Å². The van der Waals surface area contributed by atoms with Gasteiger partial charge in [0.1, 0.15) is 11.5 Å². The number of carbonyl (C=O) groups excluding carboxylic acids is 1. The van der Waals surface area contributed by atoms with Crippen molar-refractivity contribution in [1.82, 2.24) is 19.2 Å². The van der Waals surface area contributed by atoms with E-state index in [1.54, 1.807) is 37.4 Å². The van der Waals surface area contributed by atoms with Gasteiger partial charge in [-0.25, -0.2) is 13.4 Å². The summed E-state index contributed by atoms with van der Waals surface area (Å²) >= 11 is 0. The molecule has 0 atom stereocenters. The number of imidazole rings is 1. The first-order valence-corrected chi connectivity index (χ1v) is 10.9.